The Morgan fingerprint density at radius 2 is 1.91 bits per heavy atom. The van der Waals surface area contributed by atoms with Gasteiger partial charge in [-0.1, -0.05) is 29.8 Å². The third-order valence-electron chi connectivity index (χ3n) is 5.63. The number of hydrogen-bond acceptors (Lipinski definition) is 7. The monoisotopic (exact) mass is 480 g/mol. The fourth-order valence-electron chi connectivity index (χ4n) is 4.00. The Balaban J connectivity index is 1.56. The molecule has 5 rings (SSSR count). The van der Waals surface area contributed by atoms with Crippen molar-refractivity contribution >= 4 is 11.6 Å². The highest BCUT2D eigenvalue weighted by Crippen LogP contribution is 2.50. The summed E-state index contributed by atoms with van der Waals surface area (Å²) in [5, 5.41) is 10.1. The van der Waals surface area contributed by atoms with Gasteiger partial charge in [-0.25, -0.2) is 4.39 Å². The number of nitrogens with two attached hydrogens (primary N) is 1. The van der Waals surface area contributed by atoms with E-state index in [0.29, 0.717) is 39.7 Å². The van der Waals surface area contributed by atoms with Gasteiger partial charge < -0.3 is 29.4 Å². The van der Waals surface area contributed by atoms with E-state index in [1.807, 2.05) is 0 Å². The van der Waals surface area contributed by atoms with Crippen LogP contribution in [0.2, 0.25) is 5.02 Å². The molecular formula is C25H18ClFN2O5. The number of nitrogens with zero attached hydrogens (tertiary/aromatic N) is 1. The number of fused-ring (bicyclic) bond motifs is 2. The molecule has 34 heavy (non-hydrogen) atoms. The summed E-state index contributed by atoms with van der Waals surface area (Å²) >= 11 is 6.58. The number of hydrogen-bond donors (Lipinski definition) is 1. The molecule has 2 aliphatic heterocycles. The van der Waals surface area contributed by atoms with Gasteiger partial charge in [0.1, 0.15) is 29.8 Å². The van der Waals surface area contributed by atoms with Crippen LogP contribution in [0, 0.1) is 17.1 Å². The molecule has 0 saturated heterocycles. The number of rotatable bonds is 5. The summed E-state index contributed by atoms with van der Waals surface area (Å²) in [6, 6.07) is 15.2. The lowest BCUT2D eigenvalue weighted by molar-refractivity contribution is 0.174. The van der Waals surface area contributed by atoms with Crippen LogP contribution in [0.5, 0.6) is 28.7 Å². The van der Waals surface area contributed by atoms with Crippen molar-refractivity contribution in [3.05, 3.63) is 87.5 Å². The predicted molar refractivity (Wildman–Crippen MR) is 121 cm³/mol. The molecule has 172 valence electrons. The average molecular weight is 481 g/mol. The molecular weight excluding hydrogens is 463 g/mol. The summed E-state index contributed by atoms with van der Waals surface area (Å²) in [6.07, 6.45) is 0. The molecule has 3 aromatic carbocycles. The van der Waals surface area contributed by atoms with Crippen LogP contribution < -0.4 is 29.4 Å². The first-order valence-electron chi connectivity index (χ1n) is 10.2. The molecule has 0 aromatic heterocycles. The normalized spacial score (nSPS) is 15.9. The zero-order valence-corrected chi connectivity index (χ0v) is 18.7. The van der Waals surface area contributed by atoms with Crippen molar-refractivity contribution in [1.82, 2.24) is 0 Å². The molecule has 2 heterocycles. The minimum atomic E-state index is -0.602. The molecule has 0 aliphatic carbocycles. The van der Waals surface area contributed by atoms with Crippen molar-refractivity contribution < 1.29 is 28.1 Å². The van der Waals surface area contributed by atoms with Crippen LogP contribution in [-0.4, -0.2) is 13.9 Å². The molecule has 9 heteroatoms. The second kappa shape index (κ2) is 8.69. The molecule has 0 radical (unpaired) electrons. The topological polar surface area (TPSA) is 96.0 Å². The fraction of sp³-hybridized carbons (Fsp3) is 0.160. The maximum atomic E-state index is 14.0. The van der Waals surface area contributed by atoms with Gasteiger partial charge >= 0.3 is 0 Å². The first kappa shape index (κ1) is 21.7. The molecule has 7 nitrogen and oxygen atoms in total. The number of nitriles is 1. The molecule has 2 N–H and O–H groups in total. The van der Waals surface area contributed by atoms with E-state index < -0.39 is 5.92 Å². The molecule has 0 spiro atoms. The molecule has 0 amide bonds. The van der Waals surface area contributed by atoms with Gasteiger partial charge in [0.05, 0.1) is 18.1 Å². The molecule has 2 aliphatic rings. The quantitative estimate of drug-likeness (QED) is 0.548. The van der Waals surface area contributed by atoms with Crippen LogP contribution >= 0.6 is 11.6 Å². The van der Waals surface area contributed by atoms with Gasteiger partial charge in [0.2, 0.25) is 12.7 Å². The van der Waals surface area contributed by atoms with Crippen LogP contribution in [0.1, 0.15) is 22.6 Å². The lowest BCUT2D eigenvalue weighted by atomic mass is 9.83. The van der Waals surface area contributed by atoms with Crippen LogP contribution in [0.3, 0.4) is 0 Å². The second-order valence-corrected chi connectivity index (χ2v) is 7.99. The predicted octanol–water partition coefficient (Wildman–Crippen LogP) is 5.01. The maximum absolute atomic E-state index is 14.0. The van der Waals surface area contributed by atoms with Crippen molar-refractivity contribution in [2.75, 3.05) is 13.9 Å². The molecule has 1 atom stereocenters. The Bertz CT molecular complexity index is 1370. The third-order valence-corrected chi connectivity index (χ3v) is 5.91. The lowest BCUT2D eigenvalue weighted by Crippen LogP contribution is -2.21. The van der Waals surface area contributed by atoms with Crippen LogP contribution in [0.15, 0.2) is 60.0 Å². The zero-order chi connectivity index (χ0) is 23.8. The fourth-order valence-corrected chi connectivity index (χ4v) is 4.28. The minimum absolute atomic E-state index is 0.0196. The van der Waals surface area contributed by atoms with Crippen LogP contribution in [0.25, 0.3) is 0 Å². The maximum Gasteiger partial charge on any atom is 0.231 e. The number of methoxy groups -OCH3 is 1. The van der Waals surface area contributed by atoms with Gasteiger partial charge in [-0.3, -0.25) is 0 Å². The highest BCUT2D eigenvalue weighted by Gasteiger charge is 2.34. The Labute approximate surface area is 199 Å². The van der Waals surface area contributed by atoms with Crippen molar-refractivity contribution in [3.63, 3.8) is 0 Å². The number of halogens is 2. The van der Waals surface area contributed by atoms with E-state index >= 15 is 0 Å². The first-order valence-corrected chi connectivity index (χ1v) is 10.6. The molecule has 0 fully saturated rings. The van der Waals surface area contributed by atoms with Crippen molar-refractivity contribution in [3.8, 4) is 34.8 Å². The highest BCUT2D eigenvalue weighted by molar-refractivity contribution is 6.32. The van der Waals surface area contributed by atoms with Crippen molar-refractivity contribution in [2.45, 2.75) is 12.5 Å². The van der Waals surface area contributed by atoms with Crippen LogP contribution in [0.4, 0.5) is 4.39 Å². The number of benzene rings is 3. The molecule has 1 unspecified atom stereocenters. The van der Waals surface area contributed by atoms with E-state index in [9.17, 15) is 9.65 Å². The van der Waals surface area contributed by atoms with Gasteiger partial charge in [0.15, 0.2) is 23.0 Å². The van der Waals surface area contributed by atoms with E-state index in [-0.39, 0.29) is 41.4 Å². The van der Waals surface area contributed by atoms with Crippen LogP contribution in [-0.2, 0) is 6.61 Å². The molecule has 3 aromatic rings. The van der Waals surface area contributed by atoms with Gasteiger partial charge in [-0.2, -0.15) is 5.26 Å². The zero-order valence-electron chi connectivity index (χ0n) is 17.9. The Kier molecular flexibility index (Phi) is 5.56. The van der Waals surface area contributed by atoms with E-state index in [1.165, 1.54) is 13.2 Å². The standard InChI is InChI=1S/C25H18ClFN2O5/c1-30-22-7-14(6-17(26)24(22)31-11-13-4-2-3-5-18(13)27)23-15-8-20-21(33-12-32-20)9-19(15)34-25(29)16(23)10-28/h2-9,23H,11-12,29H2,1H3. The van der Waals surface area contributed by atoms with Crippen molar-refractivity contribution in [1.29, 1.82) is 5.26 Å². The highest BCUT2D eigenvalue weighted by atomic mass is 35.5. The SMILES string of the molecule is COc1cc(C2C(C#N)=C(N)Oc3cc4c(cc32)OCO4)cc(Cl)c1OCc1ccccc1F. The van der Waals surface area contributed by atoms with Crippen molar-refractivity contribution in [2.24, 2.45) is 5.73 Å². The molecule has 0 saturated carbocycles. The second-order valence-electron chi connectivity index (χ2n) is 7.58. The van der Waals surface area contributed by atoms with Gasteiger partial charge in [-0.05, 0) is 29.8 Å². The van der Waals surface area contributed by atoms with Gasteiger partial charge in [0.25, 0.3) is 0 Å². The summed E-state index contributed by atoms with van der Waals surface area (Å²) < 4.78 is 42.0. The molecule has 0 bridgehead atoms. The van der Waals surface area contributed by atoms with E-state index in [1.54, 1.807) is 42.5 Å². The van der Waals surface area contributed by atoms with Gasteiger partial charge in [0, 0.05) is 17.2 Å². The van der Waals surface area contributed by atoms with Gasteiger partial charge in [-0.15, -0.1) is 0 Å². The number of allylic oxidation sites excluding steroid dienone is 1. The van der Waals surface area contributed by atoms with E-state index in [2.05, 4.69) is 6.07 Å². The Morgan fingerprint density at radius 3 is 2.65 bits per heavy atom. The average Bonchev–Trinajstić information content (AvgIpc) is 3.29. The Morgan fingerprint density at radius 1 is 1.15 bits per heavy atom. The van der Waals surface area contributed by atoms with E-state index in [0.717, 1.165) is 0 Å². The minimum Gasteiger partial charge on any atom is -0.493 e. The summed E-state index contributed by atoms with van der Waals surface area (Å²) in [7, 11) is 1.47. The third kappa shape index (κ3) is 3.70. The largest absolute Gasteiger partial charge is 0.493 e. The first-order chi connectivity index (χ1) is 16.5. The summed E-state index contributed by atoms with van der Waals surface area (Å²) in [4.78, 5) is 0. The summed E-state index contributed by atoms with van der Waals surface area (Å²) in [5.74, 6) is 1.08. The smallest absolute Gasteiger partial charge is 0.231 e. The summed E-state index contributed by atoms with van der Waals surface area (Å²) in [6.45, 7) is 0.0482. The number of ether oxygens (including phenoxy) is 5. The summed E-state index contributed by atoms with van der Waals surface area (Å²) in [5.41, 5.74) is 7.96. The van der Waals surface area contributed by atoms with E-state index in [4.69, 9.17) is 41.0 Å². The lowest BCUT2D eigenvalue weighted by Gasteiger charge is -2.27. The Hall–Kier alpha value is -4.09.